The Morgan fingerprint density at radius 1 is 1.12 bits per heavy atom. The normalized spacial score (nSPS) is 16.2. The Labute approximate surface area is 142 Å². The smallest absolute Gasteiger partial charge is 0.256 e. The van der Waals surface area contributed by atoms with Gasteiger partial charge in [0.1, 0.15) is 18.0 Å². The minimum absolute atomic E-state index is 0.0922. The van der Waals surface area contributed by atoms with E-state index >= 15 is 0 Å². The second-order valence-electron chi connectivity index (χ2n) is 6.34. The first-order valence-electron chi connectivity index (χ1n) is 8.25. The van der Waals surface area contributed by atoms with E-state index in [9.17, 15) is 4.79 Å². The molecule has 1 amide bonds. The van der Waals surface area contributed by atoms with Crippen molar-refractivity contribution >= 4 is 11.6 Å². The molecule has 0 heterocycles. The summed E-state index contributed by atoms with van der Waals surface area (Å²) in [6.45, 7) is 2.38. The minimum atomic E-state index is -0.748. The average molecular weight is 325 g/mol. The van der Waals surface area contributed by atoms with Gasteiger partial charge in [0.25, 0.3) is 5.91 Å². The Balaban J connectivity index is 1.57. The van der Waals surface area contributed by atoms with E-state index in [4.69, 9.17) is 9.47 Å². The van der Waals surface area contributed by atoms with Crippen molar-refractivity contribution < 1.29 is 14.3 Å². The van der Waals surface area contributed by atoms with Gasteiger partial charge in [-0.15, -0.1) is 0 Å². The van der Waals surface area contributed by atoms with E-state index in [1.165, 1.54) is 0 Å². The van der Waals surface area contributed by atoms with Gasteiger partial charge in [-0.2, -0.15) is 0 Å². The highest BCUT2D eigenvalue weighted by Crippen LogP contribution is 2.42. The van der Waals surface area contributed by atoms with E-state index in [-0.39, 0.29) is 5.91 Å². The molecule has 24 heavy (non-hydrogen) atoms. The van der Waals surface area contributed by atoms with E-state index in [1.54, 1.807) is 7.11 Å². The van der Waals surface area contributed by atoms with Gasteiger partial charge in [-0.3, -0.25) is 4.79 Å². The SMILES string of the molecule is COC(C)(C(=O)Nc1ccc(OCc2ccccc2)cc1)C1CC1. The number of anilines is 1. The lowest BCUT2D eigenvalue weighted by molar-refractivity contribution is -0.138. The zero-order valence-corrected chi connectivity index (χ0v) is 14.1. The molecule has 4 heteroatoms. The van der Waals surface area contributed by atoms with Gasteiger partial charge < -0.3 is 14.8 Å². The quantitative estimate of drug-likeness (QED) is 0.836. The molecule has 4 nitrogen and oxygen atoms in total. The standard InChI is InChI=1S/C20H23NO3/c1-20(23-2,16-8-9-16)19(22)21-17-10-12-18(13-11-17)24-14-15-6-4-3-5-7-15/h3-7,10-13,16H,8-9,14H2,1-2H3,(H,21,22). The van der Waals surface area contributed by atoms with Crippen LogP contribution in [0.15, 0.2) is 54.6 Å². The number of methoxy groups -OCH3 is 1. The maximum atomic E-state index is 12.5. The molecule has 1 aliphatic rings. The van der Waals surface area contributed by atoms with E-state index < -0.39 is 5.60 Å². The monoisotopic (exact) mass is 325 g/mol. The average Bonchev–Trinajstić information content (AvgIpc) is 3.47. The molecule has 2 aromatic carbocycles. The molecule has 1 atom stereocenters. The van der Waals surface area contributed by atoms with Crippen LogP contribution in [0.25, 0.3) is 0 Å². The Morgan fingerprint density at radius 2 is 1.79 bits per heavy atom. The van der Waals surface area contributed by atoms with E-state index in [0.717, 1.165) is 29.8 Å². The molecule has 0 bridgehead atoms. The lowest BCUT2D eigenvalue weighted by Crippen LogP contribution is -2.43. The van der Waals surface area contributed by atoms with Crippen LogP contribution < -0.4 is 10.1 Å². The number of carbonyl (C=O) groups is 1. The van der Waals surface area contributed by atoms with Crippen LogP contribution >= 0.6 is 0 Å². The van der Waals surface area contributed by atoms with Crippen LogP contribution in [-0.4, -0.2) is 18.6 Å². The first-order valence-corrected chi connectivity index (χ1v) is 8.25. The summed E-state index contributed by atoms with van der Waals surface area (Å²) in [4.78, 5) is 12.5. The van der Waals surface area contributed by atoms with Gasteiger partial charge in [0.05, 0.1) is 0 Å². The zero-order valence-electron chi connectivity index (χ0n) is 14.1. The highest BCUT2D eigenvalue weighted by atomic mass is 16.5. The van der Waals surface area contributed by atoms with Crippen molar-refractivity contribution in [3.8, 4) is 5.75 Å². The van der Waals surface area contributed by atoms with Gasteiger partial charge in [0, 0.05) is 12.8 Å². The van der Waals surface area contributed by atoms with Crippen LogP contribution in [0.1, 0.15) is 25.3 Å². The van der Waals surface area contributed by atoms with Crippen LogP contribution in [0.4, 0.5) is 5.69 Å². The summed E-state index contributed by atoms with van der Waals surface area (Å²) in [6, 6.07) is 17.4. The fourth-order valence-electron chi connectivity index (χ4n) is 2.71. The van der Waals surface area contributed by atoms with Crippen molar-refractivity contribution in [3.05, 3.63) is 60.2 Å². The molecule has 126 valence electrons. The second kappa shape index (κ2) is 7.05. The van der Waals surface area contributed by atoms with Gasteiger partial charge in [0.15, 0.2) is 0 Å². The number of ether oxygens (including phenoxy) is 2. The number of rotatable bonds is 7. The summed E-state index contributed by atoms with van der Waals surface area (Å²) in [5.41, 5.74) is 1.12. The fraction of sp³-hybridized carbons (Fsp3) is 0.350. The summed E-state index contributed by atoms with van der Waals surface area (Å²) in [5.74, 6) is 0.995. The number of nitrogens with one attached hydrogen (secondary N) is 1. The molecule has 0 aromatic heterocycles. The van der Waals surface area contributed by atoms with Crippen molar-refractivity contribution in [2.24, 2.45) is 5.92 Å². The second-order valence-corrected chi connectivity index (χ2v) is 6.34. The van der Waals surface area contributed by atoms with Crippen molar-refractivity contribution in [2.75, 3.05) is 12.4 Å². The molecule has 0 radical (unpaired) electrons. The highest BCUT2D eigenvalue weighted by molar-refractivity contribution is 5.97. The Hall–Kier alpha value is -2.33. The van der Waals surface area contributed by atoms with Gasteiger partial charge in [-0.25, -0.2) is 0 Å². The third kappa shape index (κ3) is 3.77. The molecule has 1 saturated carbocycles. The summed E-state index contributed by atoms with van der Waals surface area (Å²) in [7, 11) is 1.60. The third-order valence-electron chi connectivity index (χ3n) is 4.59. The van der Waals surface area contributed by atoms with Crippen LogP contribution in [0.2, 0.25) is 0 Å². The van der Waals surface area contributed by atoms with Crippen LogP contribution in [0.3, 0.4) is 0 Å². The highest BCUT2D eigenvalue weighted by Gasteiger charge is 2.47. The van der Waals surface area contributed by atoms with Crippen molar-refractivity contribution in [3.63, 3.8) is 0 Å². The van der Waals surface area contributed by atoms with Gasteiger partial charge in [0.2, 0.25) is 0 Å². The summed E-state index contributed by atoms with van der Waals surface area (Å²) >= 11 is 0. The molecule has 1 unspecified atom stereocenters. The molecule has 1 N–H and O–H groups in total. The molecule has 0 saturated heterocycles. The Bertz CT molecular complexity index is 680. The Kier molecular flexibility index (Phi) is 4.86. The molecule has 0 aliphatic heterocycles. The first-order chi connectivity index (χ1) is 11.6. The predicted octanol–water partition coefficient (Wildman–Crippen LogP) is 4.02. The summed E-state index contributed by atoms with van der Waals surface area (Å²) < 4.78 is 11.2. The Morgan fingerprint density at radius 3 is 2.38 bits per heavy atom. The predicted molar refractivity (Wildman–Crippen MR) is 94.0 cm³/mol. The van der Waals surface area contributed by atoms with Crippen LogP contribution in [0, 0.1) is 5.92 Å². The topological polar surface area (TPSA) is 47.6 Å². The van der Waals surface area contributed by atoms with E-state index in [1.807, 2.05) is 61.5 Å². The number of hydrogen-bond acceptors (Lipinski definition) is 3. The van der Waals surface area contributed by atoms with Crippen LogP contribution in [-0.2, 0) is 16.1 Å². The lowest BCUT2D eigenvalue weighted by Gasteiger charge is -2.26. The van der Waals surface area contributed by atoms with Gasteiger partial charge in [-0.1, -0.05) is 30.3 Å². The van der Waals surface area contributed by atoms with Gasteiger partial charge >= 0.3 is 0 Å². The van der Waals surface area contributed by atoms with Crippen molar-refractivity contribution in [1.82, 2.24) is 0 Å². The molecule has 1 aliphatic carbocycles. The van der Waals surface area contributed by atoms with Crippen molar-refractivity contribution in [1.29, 1.82) is 0 Å². The maximum Gasteiger partial charge on any atom is 0.256 e. The number of hydrogen-bond donors (Lipinski definition) is 1. The molecule has 2 aromatic rings. The number of carbonyl (C=O) groups excluding carboxylic acids is 1. The first kappa shape index (κ1) is 16.5. The largest absolute Gasteiger partial charge is 0.489 e. The molecular weight excluding hydrogens is 302 g/mol. The van der Waals surface area contributed by atoms with Gasteiger partial charge in [-0.05, 0) is 55.5 Å². The zero-order chi connectivity index (χ0) is 17.0. The maximum absolute atomic E-state index is 12.5. The fourth-order valence-corrected chi connectivity index (χ4v) is 2.71. The van der Waals surface area contributed by atoms with Crippen LogP contribution in [0.5, 0.6) is 5.75 Å². The number of benzene rings is 2. The third-order valence-corrected chi connectivity index (χ3v) is 4.59. The molecular formula is C20H23NO3. The minimum Gasteiger partial charge on any atom is -0.489 e. The number of amides is 1. The molecule has 1 fully saturated rings. The summed E-state index contributed by atoms with van der Waals surface area (Å²) in [6.07, 6.45) is 2.09. The lowest BCUT2D eigenvalue weighted by atomic mass is 9.99. The summed E-state index contributed by atoms with van der Waals surface area (Å²) in [5, 5.41) is 2.94. The van der Waals surface area contributed by atoms with E-state index in [2.05, 4.69) is 5.32 Å². The van der Waals surface area contributed by atoms with E-state index in [0.29, 0.717) is 12.5 Å². The molecule has 3 rings (SSSR count). The molecule has 0 spiro atoms. The van der Waals surface area contributed by atoms with Crippen molar-refractivity contribution in [2.45, 2.75) is 32.0 Å².